The molecule has 0 unspecified atom stereocenters. The number of aliphatic carboxylic acids is 1. The number of thiazole rings is 1. The summed E-state index contributed by atoms with van der Waals surface area (Å²) in [7, 11) is 1.86. The summed E-state index contributed by atoms with van der Waals surface area (Å²) in [6, 6.07) is 0. The Morgan fingerprint density at radius 3 is 2.89 bits per heavy atom. The third-order valence-electron chi connectivity index (χ3n) is 2.88. The van der Waals surface area contributed by atoms with Gasteiger partial charge in [-0.15, -0.1) is 21.5 Å². The fourth-order valence-corrected chi connectivity index (χ4v) is 2.25. The number of nitrogens with one attached hydrogen (secondary N) is 1. The minimum Gasteiger partial charge on any atom is -0.481 e. The van der Waals surface area contributed by atoms with Gasteiger partial charge in [-0.25, -0.2) is 4.98 Å². The third kappa shape index (κ3) is 2.73. The molecular weight excluding hydrogens is 266 g/mol. The number of hydrogen-bond donors (Lipinski definition) is 2. The summed E-state index contributed by atoms with van der Waals surface area (Å²) in [5.41, 5.74) is -0.438. The summed E-state index contributed by atoms with van der Waals surface area (Å²) >= 11 is 1.38. The van der Waals surface area contributed by atoms with Crippen molar-refractivity contribution in [2.45, 2.75) is 25.8 Å². The maximum absolute atomic E-state index is 11.1. The second kappa shape index (κ2) is 4.96. The molecule has 2 heterocycles. The first kappa shape index (κ1) is 13.5. The minimum absolute atomic E-state index is 0.497. The van der Waals surface area contributed by atoms with Crippen molar-refractivity contribution in [3.8, 4) is 0 Å². The second-order valence-corrected chi connectivity index (χ2v) is 5.54. The van der Waals surface area contributed by atoms with E-state index in [2.05, 4.69) is 20.5 Å². The molecule has 2 aromatic rings. The Balaban J connectivity index is 2.06. The van der Waals surface area contributed by atoms with E-state index in [4.69, 9.17) is 5.11 Å². The molecular formula is C11H15N5O2S. The van der Waals surface area contributed by atoms with Gasteiger partial charge < -0.3 is 15.0 Å². The van der Waals surface area contributed by atoms with E-state index in [1.807, 2.05) is 11.6 Å². The standard InChI is InChI=1S/C11H15N5O2S/c1-11(2,9(17)18)7-5-19-10(14-7)12-4-8-15-13-6-16(8)3/h5-6H,4H2,1-3H3,(H,12,14)(H,17,18). The third-order valence-corrected chi connectivity index (χ3v) is 3.68. The summed E-state index contributed by atoms with van der Waals surface area (Å²) < 4.78 is 1.81. The molecule has 0 aliphatic carbocycles. The molecule has 0 radical (unpaired) electrons. The summed E-state index contributed by atoms with van der Waals surface area (Å²) in [5.74, 6) is -0.105. The molecule has 0 amide bonds. The van der Waals surface area contributed by atoms with Crippen LogP contribution in [0, 0.1) is 0 Å². The van der Waals surface area contributed by atoms with Gasteiger partial charge in [-0.2, -0.15) is 0 Å². The smallest absolute Gasteiger partial charge is 0.315 e. The highest BCUT2D eigenvalue weighted by Gasteiger charge is 2.32. The van der Waals surface area contributed by atoms with E-state index in [1.54, 1.807) is 25.6 Å². The second-order valence-electron chi connectivity index (χ2n) is 4.68. The molecule has 0 aliphatic heterocycles. The van der Waals surface area contributed by atoms with Crippen molar-refractivity contribution >= 4 is 22.4 Å². The molecule has 2 aromatic heterocycles. The van der Waals surface area contributed by atoms with E-state index in [-0.39, 0.29) is 0 Å². The number of aromatic nitrogens is 4. The Hall–Kier alpha value is -1.96. The van der Waals surface area contributed by atoms with Crippen LogP contribution in [0.25, 0.3) is 0 Å². The zero-order chi connectivity index (χ0) is 14.0. The Kier molecular flexibility index (Phi) is 3.52. The van der Waals surface area contributed by atoms with Gasteiger partial charge >= 0.3 is 5.97 Å². The number of carbonyl (C=O) groups is 1. The molecule has 2 rings (SSSR count). The van der Waals surface area contributed by atoms with E-state index >= 15 is 0 Å². The van der Waals surface area contributed by atoms with Crippen molar-refractivity contribution < 1.29 is 9.90 Å². The van der Waals surface area contributed by atoms with Crippen LogP contribution in [-0.4, -0.2) is 30.8 Å². The van der Waals surface area contributed by atoms with Gasteiger partial charge in [0, 0.05) is 12.4 Å². The van der Waals surface area contributed by atoms with Gasteiger partial charge in [-0.1, -0.05) is 0 Å². The first-order valence-corrected chi connectivity index (χ1v) is 6.55. The number of nitrogens with zero attached hydrogens (tertiary/aromatic N) is 4. The van der Waals surface area contributed by atoms with Crippen molar-refractivity contribution in [2.24, 2.45) is 7.05 Å². The summed E-state index contributed by atoms with van der Waals surface area (Å²) in [4.78, 5) is 15.4. The number of aryl methyl sites for hydroxylation is 1. The van der Waals surface area contributed by atoms with Gasteiger partial charge in [0.2, 0.25) is 0 Å². The highest BCUT2D eigenvalue weighted by atomic mass is 32.1. The largest absolute Gasteiger partial charge is 0.481 e. The minimum atomic E-state index is -0.985. The molecule has 0 atom stereocenters. The lowest BCUT2D eigenvalue weighted by Gasteiger charge is -2.15. The quantitative estimate of drug-likeness (QED) is 0.856. The van der Waals surface area contributed by atoms with Crippen LogP contribution in [0.3, 0.4) is 0 Å². The number of carboxylic acid groups (broad SMARTS) is 1. The van der Waals surface area contributed by atoms with Crippen molar-refractivity contribution in [2.75, 3.05) is 5.32 Å². The maximum Gasteiger partial charge on any atom is 0.315 e. The van der Waals surface area contributed by atoms with Gasteiger partial charge in [0.1, 0.15) is 11.7 Å². The van der Waals surface area contributed by atoms with Crippen LogP contribution in [0.4, 0.5) is 5.13 Å². The Morgan fingerprint density at radius 1 is 1.58 bits per heavy atom. The summed E-state index contributed by atoms with van der Waals surface area (Å²) in [5, 5.41) is 22.4. The number of rotatable bonds is 5. The average molecular weight is 281 g/mol. The van der Waals surface area contributed by atoms with Crippen LogP contribution in [0.1, 0.15) is 25.4 Å². The van der Waals surface area contributed by atoms with E-state index < -0.39 is 11.4 Å². The van der Waals surface area contributed by atoms with Gasteiger partial charge in [0.15, 0.2) is 11.0 Å². The summed E-state index contributed by atoms with van der Waals surface area (Å²) in [6.07, 6.45) is 1.62. The SMILES string of the molecule is Cn1cnnc1CNc1nc(C(C)(C)C(=O)O)cs1. The van der Waals surface area contributed by atoms with Crippen LogP contribution in [0.2, 0.25) is 0 Å². The zero-order valence-electron chi connectivity index (χ0n) is 10.9. The predicted molar refractivity (Wildman–Crippen MR) is 71.1 cm³/mol. The predicted octanol–water partition coefficient (Wildman–Crippen LogP) is 1.25. The molecule has 0 bridgehead atoms. The fraction of sp³-hybridized carbons (Fsp3) is 0.455. The highest BCUT2D eigenvalue weighted by molar-refractivity contribution is 7.13. The molecule has 0 aliphatic rings. The molecule has 0 saturated carbocycles. The molecule has 19 heavy (non-hydrogen) atoms. The normalized spacial score (nSPS) is 11.5. The van der Waals surface area contributed by atoms with Crippen LogP contribution in [-0.2, 0) is 23.8 Å². The molecule has 2 N–H and O–H groups in total. The molecule has 8 heteroatoms. The number of anilines is 1. The maximum atomic E-state index is 11.1. The summed E-state index contributed by atoms with van der Waals surface area (Å²) in [6.45, 7) is 3.77. The van der Waals surface area contributed by atoms with Gasteiger partial charge in [0.25, 0.3) is 0 Å². The lowest BCUT2D eigenvalue weighted by atomic mass is 9.90. The lowest BCUT2D eigenvalue weighted by Crippen LogP contribution is -2.28. The first-order chi connectivity index (χ1) is 8.91. The molecule has 0 saturated heterocycles. The fourth-order valence-electron chi connectivity index (χ4n) is 1.37. The van der Waals surface area contributed by atoms with Crippen molar-refractivity contribution in [1.82, 2.24) is 19.7 Å². The van der Waals surface area contributed by atoms with Crippen molar-refractivity contribution in [3.05, 3.63) is 23.2 Å². The van der Waals surface area contributed by atoms with Gasteiger partial charge in [-0.05, 0) is 13.8 Å². The Bertz CT molecular complexity index is 589. The average Bonchev–Trinajstić information content (AvgIpc) is 2.95. The van der Waals surface area contributed by atoms with Crippen molar-refractivity contribution in [3.63, 3.8) is 0 Å². The monoisotopic (exact) mass is 281 g/mol. The molecule has 0 spiro atoms. The Morgan fingerprint density at radius 2 is 2.32 bits per heavy atom. The molecule has 0 fully saturated rings. The molecule has 102 valence electrons. The molecule has 0 aromatic carbocycles. The van der Waals surface area contributed by atoms with E-state index in [0.717, 1.165) is 5.82 Å². The van der Waals surface area contributed by atoms with Crippen LogP contribution in [0.5, 0.6) is 0 Å². The van der Waals surface area contributed by atoms with E-state index in [9.17, 15) is 4.79 Å². The highest BCUT2D eigenvalue weighted by Crippen LogP contribution is 2.27. The van der Waals surface area contributed by atoms with E-state index in [1.165, 1.54) is 11.3 Å². The van der Waals surface area contributed by atoms with Crippen molar-refractivity contribution in [1.29, 1.82) is 0 Å². The lowest BCUT2D eigenvalue weighted by molar-refractivity contribution is -0.142. The first-order valence-electron chi connectivity index (χ1n) is 5.67. The number of hydrogen-bond acceptors (Lipinski definition) is 6. The zero-order valence-corrected chi connectivity index (χ0v) is 11.7. The molecule has 7 nitrogen and oxygen atoms in total. The van der Waals surface area contributed by atoms with Gasteiger partial charge in [-0.3, -0.25) is 4.79 Å². The number of carboxylic acids is 1. The topological polar surface area (TPSA) is 92.9 Å². The van der Waals surface area contributed by atoms with Crippen LogP contribution in [0.15, 0.2) is 11.7 Å². The van der Waals surface area contributed by atoms with Crippen LogP contribution >= 0.6 is 11.3 Å². The van der Waals surface area contributed by atoms with E-state index in [0.29, 0.717) is 17.4 Å². The van der Waals surface area contributed by atoms with Crippen LogP contribution < -0.4 is 5.32 Å². The van der Waals surface area contributed by atoms with Gasteiger partial charge in [0.05, 0.1) is 12.2 Å². The Labute approximate surface area is 114 Å².